The Hall–Kier alpha value is -1.34. The Balaban J connectivity index is 2.23. The molecule has 1 aliphatic rings. The van der Waals surface area contributed by atoms with E-state index in [4.69, 9.17) is 5.73 Å². The molecular formula is C13H15N. The molecule has 0 aliphatic heterocycles. The predicted molar refractivity (Wildman–Crippen MR) is 61.9 cm³/mol. The molecule has 2 N–H and O–H groups in total. The molecule has 0 saturated carbocycles. The Labute approximate surface area is 84.9 Å². The van der Waals surface area contributed by atoms with Gasteiger partial charge >= 0.3 is 0 Å². The molecule has 1 aromatic carbocycles. The van der Waals surface area contributed by atoms with Crippen LogP contribution < -0.4 is 5.73 Å². The summed E-state index contributed by atoms with van der Waals surface area (Å²) in [6, 6.07) is 6.44. The summed E-state index contributed by atoms with van der Waals surface area (Å²) >= 11 is 0. The Kier molecular flexibility index (Phi) is 2.80. The third-order valence-electron chi connectivity index (χ3n) is 2.50. The van der Waals surface area contributed by atoms with Gasteiger partial charge in [-0.15, -0.1) is 0 Å². The van der Waals surface area contributed by atoms with E-state index >= 15 is 0 Å². The molecule has 0 atom stereocenters. The van der Waals surface area contributed by atoms with Gasteiger partial charge in [0.15, 0.2) is 0 Å². The van der Waals surface area contributed by atoms with Gasteiger partial charge in [-0.25, -0.2) is 0 Å². The van der Waals surface area contributed by atoms with Crippen LogP contribution >= 0.6 is 0 Å². The fourth-order valence-corrected chi connectivity index (χ4v) is 1.78. The van der Waals surface area contributed by atoms with Crippen LogP contribution in [0, 0.1) is 0 Å². The highest BCUT2D eigenvalue weighted by Crippen LogP contribution is 2.23. The third kappa shape index (κ3) is 1.78. The summed E-state index contributed by atoms with van der Waals surface area (Å²) in [5.41, 5.74) is 9.58. The molecule has 1 aromatic rings. The lowest BCUT2D eigenvalue weighted by Crippen LogP contribution is -1.95. The SMILES string of the molecule is NCCC=Cc1cccc2c1CC=C2. The average Bonchev–Trinajstić information content (AvgIpc) is 2.67. The lowest BCUT2D eigenvalue weighted by atomic mass is 10.0. The zero-order valence-electron chi connectivity index (χ0n) is 8.24. The van der Waals surface area contributed by atoms with Crippen molar-refractivity contribution in [1.29, 1.82) is 0 Å². The van der Waals surface area contributed by atoms with Crippen LogP contribution in [0.5, 0.6) is 0 Å². The smallest absolute Gasteiger partial charge is 0.00425 e. The van der Waals surface area contributed by atoms with Crippen LogP contribution in [0.1, 0.15) is 23.1 Å². The first kappa shape index (κ1) is 9.22. The highest BCUT2D eigenvalue weighted by molar-refractivity contribution is 5.67. The van der Waals surface area contributed by atoms with Crippen molar-refractivity contribution in [3.63, 3.8) is 0 Å². The topological polar surface area (TPSA) is 26.0 Å². The highest BCUT2D eigenvalue weighted by Gasteiger charge is 2.06. The molecule has 0 fully saturated rings. The summed E-state index contributed by atoms with van der Waals surface area (Å²) < 4.78 is 0. The number of hydrogen-bond donors (Lipinski definition) is 1. The van der Waals surface area contributed by atoms with Crippen LogP contribution in [0.15, 0.2) is 30.4 Å². The second-order valence-electron chi connectivity index (χ2n) is 3.50. The maximum absolute atomic E-state index is 5.44. The minimum atomic E-state index is 0.726. The molecule has 1 nitrogen and oxygen atoms in total. The summed E-state index contributed by atoms with van der Waals surface area (Å²) in [6.07, 6.45) is 10.8. The van der Waals surface area contributed by atoms with E-state index in [1.165, 1.54) is 16.7 Å². The fraction of sp³-hybridized carbons (Fsp3) is 0.231. The van der Waals surface area contributed by atoms with E-state index < -0.39 is 0 Å². The normalized spacial score (nSPS) is 13.8. The molecule has 0 saturated heterocycles. The monoisotopic (exact) mass is 185 g/mol. The van der Waals surface area contributed by atoms with E-state index in [-0.39, 0.29) is 0 Å². The van der Waals surface area contributed by atoms with Crippen LogP contribution in [0.2, 0.25) is 0 Å². The summed E-state index contributed by atoms with van der Waals surface area (Å²) in [5.74, 6) is 0. The van der Waals surface area contributed by atoms with Crippen molar-refractivity contribution in [3.8, 4) is 0 Å². The molecule has 72 valence electrons. The quantitative estimate of drug-likeness (QED) is 0.769. The van der Waals surface area contributed by atoms with Gasteiger partial charge in [-0.3, -0.25) is 0 Å². The number of fused-ring (bicyclic) bond motifs is 1. The first-order chi connectivity index (χ1) is 6.92. The van der Waals surface area contributed by atoms with Crippen LogP contribution in [0.4, 0.5) is 0 Å². The maximum Gasteiger partial charge on any atom is -0.00425 e. The van der Waals surface area contributed by atoms with Crippen molar-refractivity contribution < 1.29 is 0 Å². The largest absolute Gasteiger partial charge is 0.330 e. The van der Waals surface area contributed by atoms with E-state index in [1.807, 2.05) is 0 Å². The minimum Gasteiger partial charge on any atom is -0.330 e. The van der Waals surface area contributed by atoms with Gasteiger partial charge in [-0.2, -0.15) is 0 Å². The van der Waals surface area contributed by atoms with E-state index in [2.05, 4.69) is 42.5 Å². The molecule has 1 heteroatoms. The van der Waals surface area contributed by atoms with Gasteiger partial charge in [0.05, 0.1) is 0 Å². The Morgan fingerprint density at radius 1 is 1.36 bits per heavy atom. The molecule has 0 heterocycles. The molecule has 2 rings (SSSR count). The van der Waals surface area contributed by atoms with Crippen LogP contribution in [-0.2, 0) is 6.42 Å². The van der Waals surface area contributed by atoms with Gasteiger partial charge in [-0.05, 0) is 36.1 Å². The van der Waals surface area contributed by atoms with Crippen molar-refractivity contribution >= 4 is 12.2 Å². The summed E-state index contributed by atoms with van der Waals surface area (Å²) in [6.45, 7) is 0.726. The second kappa shape index (κ2) is 4.25. The van der Waals surface area contributed by atoms with E-state index in [9.17, 15) is 0 Å². The van der Waals surface area contributed by atoms with Crippen molar-refractivity contribution in [2.75, 3.05) is 6.54 Å². The number of nitrogens with two attached hydrogens (primary N) is 1. The number of rotatable bonds is 3. The molecule has 0 radical (unpaired) electrons. The predicted octanol–water partition coefficient (Wildman–Crippen LogP) is 2.62. The molecule has 1 aliphatic carbocycles. The van der Waals surface area contributed by atoms with Crippen molar-refractivity contribution in [3.05, 3.63) is 47.0 Å². The molecule has 0 bridgehead atoms. The standard InChI is InChI=1S/C13H15N/c14-10-2-1-5-11-6-3-7-12-8-4-9-13(11)12/h1,3-8H,2,9-10,14H2. The summed E-state index contributed by atoms with van der Waals surface area (Å²) in [5, 5.41) is 0. The van der Waals surface area contributed by atoms with Gasteiger partial charge in [0, 0.05) is 0 Å². The average molecular weight is 185 g/mol. The van der Waals surface area contributed by atoms with Gasteiger partial charge in [0.2, 0.25) is 0 Å². The number of allylic oxidation sites excluding steroid dienone is 1. The lowest BCUT2D eigenvalue weighted by Gasteiger charge is -2.03. The zero-order valence-corrected chi connectivity index (χ0v) is 8.24. The summed E-state index contributed by atoms with van der Waals surface area (Å²) in [4.78, 5) is 0. The molecule has 0 amide bonds. The molecule has 0 unspecified atom stereocenters. The first-order valence-electron chi connectivity index (χ1n) is 5.07. The molecule has 0 aromatic heterocycles. The van der Waals surface area contributed by atoms with Gasteiger partial charge in [-0.1, -0.05) is 42.5 Å². The van der Waals surface area contributed by atoms with Gasteiger partial charge in [0.25, 0.3) is 0 Å². The van der Waals surface area contributed by atoms with Crippen LogP contribution in [0.25, 0.3) is 12.2 Å². The molecular weight excluding hydrogens is 170 g/mol. The van der Waals surface area contributed by atoms with Crippen molar-refractivity contribution in [2.24, 2.45) is 5.73 Å². The Morgan fingerprint density at radius 3 is 3.14 bits per heavy atom. The van der Waals surface area contributed by atoms with E-state index in [1.54, 1.807) is 0 Å². The summed E-state index contributed by atoms with van der Waals surface area (Å²) in [7, 11) is 0. The fourth-order valence-electron chi connectivity index (χ4n) is 1.78. The Morgan fingerprint density at radius 2 is 2.29 bits per heavy atom. The minimum absolute atomic E-state index is 0.726. The van der Waals surface area contributed by atoms with E-state index in [0.29, 0.717) is 0 Å². The Bertz CT molecular complexity index is 375. The highest BCUT2D eigenvalue weighted by atomic mass is 14.5. The maximum atomic E-state index is 5.44. The number of benzene rings is 1. The van der Waals surface area contributed by atoms with Crippen LogP contribution in [-0.4, -0.2) is 6.54 Å². The molecule has 0 spiro atoms. The number of hydrogen-bond acceptors (Lipinski definition) is 1. The second-order valence-corrected chi connectivity index (χ2v) is 3.50. The van der Waals surface area contributed by atoms with E-state index in [0.717, 1.165) is 19.4 Å². The zero-order chi connectivity index (χ0) is 9.80. The first-order valence-corrected chi connectivity index (χ1v) is 5.07. The van der Waals surface area contributed by atoms with Crippen molar-refractivity contribution in [2.45, 2.75) is 12.8 Å². The lowest BCUT2D eigenvalue weighted by molar-refractivity contribution is 1.01. The van der Waals surface area contributed by atoms with Gasteiger partial charge in [0.1, 0.15) is 0 Å². The van der Waals surface area contributed by atoms with Gasteiger partial charge < -0.3 is 5.73 Å². The van der Waals surface area contributed by atoms with Crippen molar-refractivity contribution in [1.82, 2.24) is 0 Å². The van der Waals surface area contributed by atoms with Crippen LogP contribution in [0.3, 0.4) is 0 Å². The molecule has 14 heavy (non-hydrogen) atoms. The third-order valence-corrected chi connectivity index (χ3v) is 2.50.